The fourth-order valence-corrected chi connectivity index (χ4v) is 1.96. The minimum atomic E-state index is -0.308. The van der Waals surface area contributed by atoms with E-state index in [1.165, 1.54) is 12.1 Å². The second kappa shape index (κ2) is 6.39. The summed E-state index contributed by atoms with van der Waals surface area (Å²) in [4.78, 5) is 0. The van der Waals surface area contributed by atoms with Crippen LogP contribution in [0.2, 0.25) is 0 Å². The molecule has 106 valence electrons. The average molecular weight is 275 g/mol. The molecule has 0 aliphatic heterocycles. The fraction of sp³-hybridized carbons (Fsp3) is 0.250. The van der Waals surface area contributed by atoms with Gasteiger partial charge in [0.15, 0.2) is 0 Å². The normalized spacial score (nSPS) is 10.7. The highest BCUT2D eigenvalue weighted by Crippen LogP contribution is 2.20. The van der Waals surface area contributed by atoms with Crippen molar-refractivity contribution in [2.75, 3.05) is 6.54 Å². The minimum Gasteiger partial charge on any atom is -0.508 e. The van der Waals surface area contributed by atoms with E-state index in [-0.39, 0.29) is 17.3 Å². The maximum Gasteiger partial charge on any atom is 0.128 e. The fourth-order valence-electron chi connectivity index (χ4n) is 1.96. The largest absolute Gasteiger partial charge is 0.508 e. The van der Waals surface area contributed by atoms with Crippen LogP contribution < -0.4 is 5.32 Å². The Labute approximate surface area is 117 Å². The van der Waals surface area contributed by atoms with Crippen molar-refractivity contribution in [1.29, 1.82) is 0 Å². The SMILES string of the molecule is Cc1cc(F)c(CNCCc2ccc(O)cc2)cc1O. The lowest BCUT2D eigenvalue weighted by atomic mass is 10.1. The van der Waals surface area contributed by atoms with Gasteiger partial charge in [-0.15, -0.1) is 0 Å². The number of phenols is 2. The van der Waals surface area contributed by atoms with E-state index >= 15 is 0 Å². The van der Waals surface area contributed by atoms with Gasteiger partial charge in [-0.2, -0.15) is 0 Å². The van der Waals surface area contributed by atoms with Crippen LogP contribution >= 0.6 is 0 Å². The maximum absolute atomic E-state index is 13.6. The Kier molecular flexibility index (Phi) is 4.58. The average Bonchev–Trinajstić information content (AvgIpc) is 2.42. The van der Waals surface area contributed by atoms with Gasteiger partial charge in [-0.25, -0.2) is 4.39 Å². The molecule has 0 radical (unpaired) electrons. The topological polar surface area (TPSA) is 52.5 Å². The van der Waals surface area contributed by atoms with Gasteiger partial charge in [0.2, 0.25) is 0 Å². The second-order valence-corrected chi connectivity index (χ2v) is 4.82. The van der Waals surface area contributed by atoms with E-state index in [4.69, 9.17) is 0 Å². The molecule has 20 heavy (non-hydrogen) atoms. The Hall–Kier alpha value is -2.07. The molecular weight excluding hydrogens is 257 g/mol. The zero-order valence-corrected chi connectivity index (χ0v) is 11.4. The molecule has 0 aromatic heterocycles. The van der Waals surface area contributed by atoms with Crippen molar-refractivity contribution < 1.29 is 14.6 Å². The van der Waals surface area contributed by atoms with E-state index in [0.29, 0.717) is 24.2 Å². The summed E-state index contributed by atoms with van der Waals surface area (Å²) in [6.45, 7) is 2.73. The number of aromatic hydroxyl groups is 2. The summed E-state index contributed by atoms with van der Waals surface area (Å²) < 4.78 is 13.6. The van der Waals surface area contributed by atoms with E-state index in [9.17, 15) is 14.6 Å². The molecule has 0 saturated carbocycles. The molecule has 0 heterocycles. The number of benzene rings is 2. The van der Waals surface area contributed by atoms with Crippen LogP contribution in [0.25, 0.3) is 0 Å². The highest BCUT2D eigenvalue weighted by Gasteiger charge is 2.06. The predicted molar refractivity (Wildman–Crippen MR) is 76.3 cm³/mol. The van der Waals surface area contributed by atoms with Crippen LogP contribution in [-0.4, -0.2) is 16.8 Å². The van der Waals surface area contributed by atoms with Crippen molar-refractivity contribution in [3.63, 3.8) is 0 Å². The van der Waals surface area contributed by atoms with Crippen LogP contribution in [0.3, 0.4) is 0 Å². The number of aryl methyl sites for hydroxylation is 1. The third-order valence-electron chi connectivity index (χ3n) is 3.21. The number of halogens is 1. The summed E-state index contributed by atoms with van der Waals surface area (Å²) in [5.41, 5.74) is 2.09. The van der Waals surface area contributed by atoms with Crippen molar-refractivity contribution in [3.8, 4) is 11.5 Å². The standard InChI is InChI=1S/C16H18FNO2/c1-11-8-15(17)13(9-16(11)20)10-18-7-6-12-2-4-14(19)5-3-12/h2-5,8-9,18-20H,6-7,10H2,1H3. The van der Waals surface area contributed by atoms with Gasteiger partial charge in [0.05, 0.1) is 0 Å². The van der Waals surface area contributed by atoms with Gasteiger partial charge >= 0.3 is 0 Å². The molecule has 2 aromatic carbocycles. The van der Waals surface area contributed by atoms with E-state index in [1.807, 2.05) is 12.1 Å². The third-order valence-corrected chi connectivity index (χ3v) is 3.21. The molecule has 3 nitrogen and oxygen atoms in total. The van der Waals surface area contributed by atoms with E-state index < -0.39 is 0 Å². The summed E-state index contributed by atoms with van der Waals surface area (Å²) in [6, 6.07) is 9.80. The van der Waals surface area contributed by atoms with Crippen LogP contribution in [0.15, 0.2) is 36.4 Å². The first-order valence-electron chi connectivity index (χ1n) is 6.53. The zero-order chi connectivity index (χ0) is 14.5. The summed E-state index contributed by atoms with van der Waals surface area (Å²) in [6.07, 6.45) is 0.791. The Morgan fingerprint density at radius 1 is 1.10 bits per heavy atom. The zero-order valence-electron chi connectivity index (χ0n) is 11.4. The molecule has 0 bridgehead atoms. The predicted octanol–water partition coefficient (Wildman–Crippen LogP) is 2.88. The summed E-state index contributed by atoms with van der Waals surface area (Å²) in [7, 11) is 0. The van der Waals surface area contributed by atoms with Crippen molar-refractivity contribution in [3.05, 3.63) is 58.9 Å². The van der Waals surface area contributed by atoms with Gasteiger partial charge in [-0.1, -0.05) is 12.1 Å². The van der Waals surface area contributed by atoms with Crippen LogP contribution in [0.4, 0.5) is 4.39 Å². The van der Waals surface area contributed by atoms with Crippen LogP contribution in [0.1, 0.15) is 16.7 Å². The van der Waals surface area contributed by atoms with Crippen molar-refractivity contribution in [1.82, 2.24) is 5.32 Å². The van der Waals surface area contributed by atoms with E-state index in [1.54, 1.807) is 19.1 Å². The molecule has 0 spiro atoms. The molecule has 4 heteroatoms. The van der Waals surface area contributed by atoms with Gasteiger partial charge in [0, 0.05) is 12.1 Å². The van der Waals surface area contributed by atoms with Gasteiger partial charge in [0.25, 0.3) is 0 Å². The van der Waals surface area contributed by atoms with Gasteiger partial charge in [0.1, 0.15) is 17.3 Å². The molecule has 0 atom stereocenters. The number of hydrogen-bond donors (Lipinski definition) is 3. The molecule has 3 N–H and O–H groups in total. The van der Waals surface area contributed by atoms with E-state index in [0.717, 1.165) is 12.0 Å². The smallest absolute Gasteiger partial charge is 0.128 e. The van der Waals surface area contributed by atoms with E-state index in [2.05, 4.69) is 5.32 Å². The number of phenolic OH excluding ortho intramolecular Hbond substituents is 2. The molecule has 2 aromatic rings. The van der Waals surface area contributed by atoms with Gasteiger partial charge < -0.3 is 15.5 Å². The number of nitrogens with one attached hydrogen (secondary N) is 1. The first-order chi connectivity index (χ1) is 9.56. The summed E-state index contributed by atoms with van der Waals surface area (Å²) in [5.74, 6) is 0.0538. The third kappa shape index (κ3) is 3.71. The number of rotatable bonds is 5. The monoisotopic (exact) mass is 275 g/mol. The molecule has 0 unspecified atom stereocenters. The first kappa shape index (κ1) is 14.3. The molecule has 0 aliphatic rings. The van der Waals surface area contributed by atoms with Crippen LogP contribution in [-0.2, 0) is 13.0 Å². The maximum atomic E-state index is 13.6. The van der Waals surface area contributed by atoms with Crippen molar-refractivity contribution >= 4 is 0 Å². The highest BCUT2D eigenvalue weighted by molar-refractivity contribution is 5.36. The molecule has 0 fully saturated rings. The molecule has 0 amide bonds. The molecule has 0 saturated heterocycles. The Morgan fingerprint density at radius 3 is 2.50 bits per heavy atom. The van der Waals surface area contributed by atoms with Crippen molar-refractivity contribution in [2.24, 2.45) is 0 Å². The Balaban J connectivity index is 1.84. The molecular formula is C16H18FNO2. The second-order valence-electron chi connectivity index (χ2n) is 4.82. The lowest BCUT2D eigenvalue weighted by Gasteiger charge is -2.08. The molecule has 0 aliphatic carbocycles. The highest BCUT2D eigenvalue weighted by atomic mass is 19.1. The summed E-state index contributed by atoms with van der Waals surface area (Å²) >= 11 is 0. The van der Waals surface area contributed by atoms with Crippen molar-refractivity contribution in [2.45, 2.75) is 19.9 Å². The summed E-state index contributed by atoms with van der Waals surface area (Å²) in [5, 5.41) is 21.9. The Bertz CT molecular complexity index is 582. The lowest BCUT2D eigenvalue weighted by molar-refractivity contribution is 0.466. The number of hydrogen-bond acceptors (Lipinski definition) is 3. The quantitative estimate of drug-likeness (QED) is 0.735. The van der Waals surface area contributed by atoms with Crippen LogP contribution in [0.5, 0.6) is 11.5 Å². The van der Waals surface area contributed by atoms with Gasteiger partial charge in [-0.3, -0.25) is 0 Å². The van der Waals surface area contributed by atoms with Crippen LogP contribution in [0, 0.1) is 12.7 Å². The molecule has 2 rings (SSSR count). The van der Waals surface area contributed by atoms with Gasteiger partial charge in [-0.05, 0) is 55.3 Å². The first-order valence-corrected chi connectivity index (χ1v) is 6.53. The Morgan fingerprint density at radius 2 is 1.80 bits per heavy atom. The minimum absolute atomic E-state index is 0.113. The lowest BCUT2D eigenvalue weighted by Crippen LogP contribution is -2.17.